The molecule has 0 aromatic carbocycles. The van der Waals surface area contributed by atoms with Crippen molar-refractivity contribution in [1.82, 2.24) is 14.7 Å². The van der Waals surface area contributed by atoms with Crippen LogP contribution >= 0.6 is 0 Å². The number of hydrogen-bond acceptors (Lipinski definition) is 7. The predicted molar refractivity (Wildman–Crippen MR) is 78.2 cm³/mol. The molecule has 1 aromatic heterocycles. The number of nitrogens with zero attached hydrogens (tertiary/aromatic N) is 2. The summed E-state index contributed by atoms with van der Waals surface area (Å²) in [6, 6.07) is 1.73. The zero-order chi connectivity index (χ0) is 15.0. The molecule has 0 unspecified atom stereocenters. The zero-order valence-corrected chi connectivity index (χ0v) is 12.7. The summed E-state index contributed by atoms with van der Waals surface area (Å²) in [5.74, 6) is 1.75. The number of ether oxygens (including phenoxy) is 1. The predicted octanol–water partition coefficient (Wildman–Crippen LogP) is 0.0159. The third-order valence-corrected chi connectivity index (χ3v) is 3.76. The van der Waals surface area contributed by atoms with Crippen LogP contribution in [0.5, 0.6) is 0 Å². The van der Waals surface area contributed by atoms with Crippen LogP contribution in [0.1, 0.15) is 12.7 Å². The summed E-state index contributed by atoms with van der Waals surface area (Å²) in [6.07, 6.45) is 0. The molecule has 114 valence electrons. The van der Waals surface area contributed by atoms with Gasteiger partial charge in [-0.25, -0.2) is 23.1 Å². The summed E-state index contributed by atoms with van der Waals surface area (Å²) >= 11 is 0. The Kier molecular flexibility index (Phi) is 6.62. The van der Waals surface area contributed by atoms with E-state index in [-0.39, 0.29) is 12.3 Å². The van der Waals surface area contributed by atoms with Gasteiger partial charge in [0.1, 0.15) is 18.2 Å². The first-order valence-electron chi connectivity index (χ1n) is 6.26. The first kappa shape index (κ1) is 16.6. The number of sulfonamides is 1. The molecule has 0 saturated carbocycles. The van der Waals surface area contributed by atoms with Crippen LogP contribution in [0.3, 0.4) is 0 Å². The largest absolute Gasteiger partial charge is 0.377 e. The van der Waals surface area contributed by atoms with Crippen LogP contribution in [0.4, 0.5) is 11.6 Å². The molecule has 0 aliphatic rings. The second-order valence-electron chi connectivity index (χ2n) is 3.97. The molecule has 0 fully saturated rings. The van der Waals surface area contributed by atoms with Gasteiger partial charge >= 0.3 is 0 Å². The minimum atomic E-state index is -3.23. The van der Waals surface area contributed by atoms with Gasteiger partial charge in [-0.2, -0.15) is 0 Å². The van der Waals surface area contributed by atoms with Crippen molar-refractivity contribution in [2.75, 3.05) is 43.6 Å². The molecule has 0 aliphatic carbocycles. The second-order valence-corrected chi connectivity index (χ2v) is 6.01. The molecule has 0 aliphatic heterocycles. The molecule has 20 heavy (non-hydrogen) atoms. The fourth-order valence-corrected chi connectivity index (χ4v) is 2.04. The van der Waals surface area contributed by atoms with Crippen molar-refractivity contribution in [3.05, 3.63) is 11.9 Å². The van der Waals surface area contributed by atoms with Gasteiger partial charge in [0.05, 0.1) is 5.75 Å². The highest BCUT2D eigenvalue weighted by atomic mass is 32.2. The minimum Gasteiger partial charge on any atom is -0.377 e. The van der Waals surface area contributed by atoms with Gasteiger partial charge in [0.2, 0.25) is 10.0 Å². The summed E-state index contributed by atoms with van der Waals surface area (Å²) in [5.41, 5.74) is 0. The van der Waals surface area contributed by atoms with Crippen molar-refractivity contribution in [2.24, 2.45) is 0 Å². The molecule has 0 atom stereocenters. The monoisotopic (exact) mass is 303 g/mol. The van der Waals surface area contributed by atoms with E-state index >= 15 is 0 Å². The highest BCUT2D eigenvalue weighted by Crippen LogP contribution is 2.11. The molecule has 0 radical (unpaired) electrons. The van der Waals surface area contributed by atoms with E-state index in [1.54, 1.807) is 13.2 Å². The van der Waals surface area contributed by atoms with Crippen LogP contribution < -0.4 is 15.4 Å². The standard InChI is InChI=1S/C11H21N5O3S/c1-4-13-9-7-10(16-11(15-9)8-19-3)14-5-6-20(17,18)12-2/h7,12H,4-6,8H2,1-3H3,(H2,13,14,15,16). The summed E-state index contributed by atoms with van der Waals surface area (Å²) in [6.45, 7) is 3.25. The molecule has 1 rings (SSSR count). The second kappa shape index (κ2) is 7.98. The van der Waals surface area contributed by atoms with Crippen LogP contribution in [0.15, 0.2) is 6.07 Å². The number of nitrogens with one attached hydrogen (secondary N) is 3. The first-order valence-corrected chi connectivity index (χ1v) is 7.91. The van der Waals surface area contributed by atoms with Crippen LogP contribution in [0, 0.1) is 0 Å². The number of rotatable bonds is 9. The lowest BCUT2D eigenvalue weighted by Gasteiger charge is -2.10. The Morgan fingerprint density at radius 3 is 2.45 bits per heavy atom. The summed E-state index contributed by atoms with van der Waals surface area (Å²) in [4.78, 5) is 8.52. The van der Waals surface area contributed by atoms with Crippen LogP contribution in [0.25, 0.3) is 0 Å². The fourth-order valence-electron chi connectivity index (χ4n) is 1.47. The Hall–Kier alpha value is -1.45. The highest BCUT2D eigenvalue weighted by Gasteiger charge is 2.08. The minimum absolute atomic E-state index is 0.0242. The molecule has 0 amide bonds. The lowest BCUT2D eigenvalue weighted by Crippen LogP contribution is -2.26. The lowest BCUT2D eigenvalue weighted by molar-refractivity contribution is 0.178. The van der Waals surface area contributed by atoms with Crippen molar-refractivity contribution >= 4 is 21.7 Å². The molecule has 1 aromatic rings. The Labute approximate surface area is 119 Å². The number of methoxy groups -OCH3 is 1. The number of aromatic nitrogens is 2. The summed E-state index contributed by atoms with van der Waals surface area (Å²) in [7, 11) is -0.272. The van der Waals surface area contributed by atoms with Crippen LogP contribution in [-0.2, 0) is 21.4 Å². The highest BCUT2D eigenvalue weighted by molar-refractivity contribution is 7.89. The topological polar surface area (TPSA) is 105 Å². The molecule has 8 nitrogen and oxygen atoms in total. The van der Waals surface area contributed by atoms with Crippen molar-refractivity contribution in [1.29, 1.82) is 0 Å². The average molecular weight is 303 g/mol. The van der Waals surface area contributed by atoms with Gasteiger partial charge in [-0.15, -0.1) is 0 Å². The van der Waals surface area contributed by atoms with Crippen molar-refractivity contribution in [2.45, 2.75) is 13.5 Å². The van der Waals surface area contributed by atoms with E-state index in [1.165, 1.54) is 7.05 Å². The molecule has 0 spiro atoms. The molecular formula is C11H21N5O3S. The maximum atomic E-state index is 11.3. The SMILES string of the molecule is CCNc1cc(NCCS(=O)(=O)NC)nc(COC)n1. The van der Waals surface area contributed by atoms with Crippen molar-refractivity contribution in [3.8, 4) is 0 Å². The Balaban J connectivity index is 2.72. The van der Waals surface area contributed by atoms with Gasteiger partial charge in [-0.05, 0) is 14.0 Å². The van der Waals surface area contributed by atoms with Gasteiger partial charge in [-0.3, -0.25) is 0 Å². The van der Waals surface area contributed by atoms with Gasteiger partial charge in [0.15, 0.2) is 5.82 Å². The maximum Gasteiger partial charge on any atom is 0.213 e. The average Bonchev–Trinajstić information content (AvgIpc) is 2.39. The molecule has 9 heteroatoms. The normalized spacial score (nSPS) is 11.3. The van der Waals surface area contributed by atoms with Gasteiger partial charge in [0, 0.05) is 26.3 Å². The van der Waals surface area contributed by atoms with Gasteiger partial charge in [0.25, 0.3) is 0 Å². The number of hydrogen-bond donors (Lipinski definition) is 3. The quantitative estimate of drug-likeness (QED) is 0.590. The third-order valence-electron chi connectivity index (χ3n) is 2.39. The molecule has 0 saturated heterocycles. The molecular weight excluding hydrogens is 282 g/mol. The molecule has 1 heterocycles. The van der Waals surface area contributed by atoms with Gasteiger partial charge in [-0.1, -0.05) is 0 Å². The maximum absolute atomic E-state index is 11.3. The third kappa shape index (κ3) is 5.68. The van der Waals surface area contributed by atoms with E-state index in [2.05, 4.69) is 25.3 Å². The van der Waals surface area contributed by atoms with E-state index < -0.39 is 10.0 Å². The lowest BCUT2D eigenvalue weighted by atomic mass is 10.4. The van der Waals surface area contributed by atoms with E-state index in [0.717, 1.165) is 6.54 Å². The van der Waals surface area contributed by atoms with E-state index in [0.29, 0.717) is 24.1 Å². The van der Waals surface area contributed by atoms with Gasteiger partial charge < -0.3 is 15.4 Å². The van der Waals surface area contributed by atoms with Crippen LogP contribution in [0.2, 0.25) is 0 Å². The van der Waals surface area contributed by atoms with Crippen molar-refractivity contribution < 1.29 is 13.2 Å². The summed E-state index contributed by atoms with van der Waals surface area (Å²) < 4.78 is 29.9. The first-order chi connectivity index (χ1) is 9.50. The van der Waals surface area contributed by atoms with Crippen molar-refractivity contribution in [3.63, 3.8) is 0 Å². The van der Waals surface area contributed by atoms with Crippen LogP contribution in [-0.4, -0.2) is 51.4 Å². The Morgan fingerprint density at radius 1 is 1.25 bits per heavy atom. The Bertz CT molecular complexity index is 497. The summed E-state index contributed by atoms with van der Waals surface area (Å²) in [5, 5.41) is 6.05. The molecule has 0 bridgehead atoms. The number of anilines is 2. The smallest absolute Gasteiger partial charge is 0.213 e. The van der Waals surface area contributed by atoms with E-state index in [9.17, 15) is 8.42 Å². The van der Waals surface area contributed by atoms with E-state index in [1.807, 2.05) is 6.92 Å². The van der Waals surface area contributed by atoms with E-state index in [4.69, 9.17) is 4.74 Å². The molecule has 3 N–H and O–H groups in total. The Morgan fingerprint density at radius 2 is 1.90 bits per heavy atom. The fraction of sp³-hybridized carbons (Fsp3) is 0.636. The zero-order valence-electron chi connectivity index (χ0n) is 11.9.